The van der Waals surface area contributed by atoms with Crippen LogP contribution in [0.1, 0.15) is 55.8 Å². The van der Waals surface area contributed by atoms with Crippen LogP contribution in [0.2, 0.25) is 0 Å². The van der Waals surface area contributed by atoms with Gasteiger partial charge in [0.05, 0.1) is 17.7 Å². The van der Waals surface area contributed by atoms with Crippen molar-refractivity contribution in [2.75, 3.05) is 13.1 Å². The third kappa shape index (κ3) is 4.36. The quantitative estimate of drug-likeness (QED) is 0.541. The third-order valence-electron chi connectivity index (χ3n) is 6.33. The molecule has 0 spiro atoms. The Kier molecular flexibility index (Phi) is 6.20. The number of aromatic nitrogens is 2. The third-order valence-corrected chi connectivity index (χ3v) is 7.33. The van der Waals surface area contributed by atoms with E-state index in [4.69, 9.17) is 4.74 Å². The Balaban J connectivity index is 1.39. The highest BCUT2D eigenvalue weighted by Gasteiger charge is 2.29. The highest BCUT2D eigenvalue weighted by Crippen LogP contribution is 2.40. The van der Waals surface area contributed by atoms with Crippen LogP contribution in [0, 0.1) is 11.3 Å². The number of rotatable bonds is 5. The van der Waals surface area contributed by atoms with Gasteiger partial charge in [0.15, 0.2) is 0 Å². The maximum Gasteiger partial charge on any atom is 0.317 e. The fourth-order valence-electron chi connectivity index (χ4n) is 4.72. The van der Waals surface area contributed by atoms with Crippen LogP contribution >= 0.6 is 11.3 Å². The van der Waals surface area contributed by atoms with Gasteiger partial charge in [-0.15, -0.1) is 10.2 Å². The molecule has 8 heteroatoms. The fourth-order valence-corrected chi connectivity index (χ4v) is 5.61. The molecule has 2 aliphatic rings. The largest absolute Gasteiger partial charge is 0.490 e. The second kappa shape index (κ2) is 9.43. The Bertz CT molecular complexity index is 1260. The number of amides is 2. The van der Waals surface area contributed by atoms with Gasteiger partial charge in [-0.05, 0) is 68.9 Å². The molecular formula is C26H27N5O2S. The summed E-state index contributed by atoms with van der Waals surface area (Å²) in [4.78, 5) is 14.5. The number of fused-ring (bicyclic) bond motifs is 1. The molecule has 174 valence electrons. The van der Waals surface area contributed by atoms with E-state index < -0.39 is 0 Å². The minimum Gasteiger partial charge on any atom is -0.490 e. The molecule has 5 rings (SSSR count). The molecule has 2 aromatic carbocycles. The summed E-state index contributed by atoms with van der Waals surface area (Å²) in [6.07, 6.45) is 3.95. The minimum atomic E-state index is -0.00443. The molecular weight excluding hydrogens is 446 g/mol. The number of nitrogens with zero attached hydrogens (tertiary/aromatic N) is 4. The molecule has 0 saturated carbocycles. The van der Waals surface area contributed by atoms with Gasteiger partial charge in [0.25, 0.3) is 0 Å². The van der Waals surface area contributed by atoms with E-state index in [1.54, 1.807) is 6.07 Å². The van der Waals surface area contributed by atoms with E-state index in [9.17, 15) is 10.1 Å². The number of benzene rings is 2. The first-order valence-electron chi connectivity index (χ1n) is 11.8. The first-order chi connectivity index (χ1) is 16.5. The minimum absolute atomic E-state index is 0.00443. The lowest BCUT2D eigenvalue weighted by atomic mass is 10.0. The van der Waals surface area contributed by atoms with Gasteiger partial charge in [0.2, 0.25) is 0 Å². The van der Waals surface area contributed by atoms with Gasteiger partial charge in [-0.3, -0.25) is 0 Å². The number of likely N-dealkylation sites (tertiary alicyclic amines) is 1. The van der Waals surface area contributed by atoms with Gasteiger partial charge in [0.1, 0.15) is 21.8 Å². The van der Waals surface area contributed by atoms with Crippen LogP contribution in [0.25, 0.3) is 21.1 Å². The zero-order valence-corrected chi connectivity index (χ0v) is 20.2. The molecule has 3 aromatic rings. The predicted octanol–water partition coefficient (Wildman–Crippen LogP) is 5.32. The fraction of sp³-hybridized carbons (Fsp3) is 0.385. The van der Waals surface area contributed by atoms with Crippen LogP contribution in [-0.2, 0) is 6.42 Å². The lowest BCUT2D eigenvalue weighted by molar-refractivity contribution is 0.204. The van der Waals surface area contributed by atoms with Gasteiger partial charge in [0, 0.05) is 24.2 Å². The van der Waals surface area contributed by atoms with E-state index >= 15 is 0 Å². The summed E-state index contributed by atoms with van der Waals surface area (Å²) in [5.74, 6) is 0.578. The Labute approximate surface area is 203 Å². The highest BCUT2D eigenvalue weighted by molar-refractivity contribution is 7.17. The first-order valence-corrected chi connectivity index (χ1v) is 12.6. The normalized spacial score (nSPS) is 17.0. The maximum atomic E-state index is 12.6. The van der Waals surface area contributed by atoms with Crippen molar-refractivity contribution in [3.63, 3.8) is 0 Å². The number of carbonyl (C=O) groups excluding carboxylic acids is 1. The topological polar surface area (TPSA) is 91.1 Å². The van der Waals surface area contributed by atoms with E-state index in [1.165, 1.54) is 22.5 Å². The van der Waals surface area contributed by atoms with Crippen molar-refractivity contribution in [2.45, 2.75) is 51.7 Å². The lowest BCUT2D eigenvalue weighted by Gasteiger charge is -2.20. The molecule has 1 fully saturated rings. The van der Waals surface area contributed by atoms with Gasteiger partial charge < -0.3 is 15.0 Å². The summed E-state index contributed by atoms with van der Waals surface area (Å²) >= 11 is 1.51. The summed E-state index contributed by atoms with van der Waals surface area (Å²) in [6.45, 7) is 5.56. The van der Waals surface area contributed by atoms with Crippen molar-refractivity contribution >= 4 is 17.4 Å². The number of hydrogen-bond donors (Lipinski definition) is 1. The second-order valence-corrected chi connectivity index (χ2v) is 9.99. The molecule has 1 aliphatic carbocycles. The van der Waals surface area contributed by atoms with Crippen LogP contribution in [0.5, 0.6) is 5.75 Å². The van der Waals surface area contributed by atoms with E-state index in [0.717, 1.165) is 59.9 Å². The number of hydrogen-bond acceptors (Lipinski definition) is 6. The number of nitrogens with one attached hydrogen (secondary N) is 1. The number of carbonyl (C=O) groups is 1. The summed E-state index contributed by atoms with van der Waals surface area (Å²) in [7, 11) is 0. The van der Waals surface area contributed by atoms with Crippen LogP contribution in [0.15, 0.2) is 36.4 Å². The van der Waals surface area contributed by atoms with Crippen molar-refractivity contribution in [3.8, 4) is 33.0 Å². The van der Waals surface area contributed by atoms with Gasteiger partial charge >= 0.3 is 6.03 Å². The Morgan fingerprint density at radius 3 is 2.76 bits per heavy atom. The molecule has 34 heavy (non-hydrogen) atoms. The van der Waals surface area contributed by atoms with Crippen LogP contribution < -0.4 is 10.1 Å². The van der Waals surface area contributed by atoms with Crippen LogP contribution in [-0.4, -0.2) is 40.3 Å². The van der Waals surface area contributed by atoms with E-state index in [1.807, 2.05) is 36.9 Å². The number of urea groups is 1. The predicted molar refractivity (Wildman–Crippen MR) is 132 cm³/mol. The van der Waals surface area contributed by atoms with E-state index in [0.29, 0.717) is 11.3 Å². The summed E-state index contributed by atoms with van der Waals surface area (Å²) in [5.41, 5.74) is 4.80. The lowest BCUT2D eigenvalue weighted by Crippen LogP contribution is -2.39. The Morgan fingerprint density at radius 2 is 2.00 bits per heavy atom. The smallest absolute Gasteiger partial charge is 0.317 e. The molecule has 2 amide bonds. The molecule has 1 atom stereocenters. The summed E-state index contributed by atoms with van der Waals surface area (Å²) in [5, 5.41) is 23.3. The first kappa shape index (κ1) is 22.4. The molecule has 0 radical (unpaired) electrons. The summed E-state index contributed by atoms with van der Waals surface area (Å²) in [6, 6.07) is 14.0. The van der Waals surface area contributed by atoms with Crippen molar-refractivity contribution in [1.82, 2.24) is 20.4 Å². The van der Waals surface area contributed by atoms with Crippen molar-refractivity contribution in [3.05, 3.63) is 53.1 Å². The van der Waals surface area contributed by atoms with Crippen molar-refractivity contribution in [2.24, 2.45) is 0 Å². The standard InChI is InChI=1S/C26H27N5O2S/c1-16(2)33-23-11-8-17(14-18(23)15-27)24-29-30-25(34-24)21-7-5-6-20-19(21)9-10-22(20)28-26(32)31-12-3-4-13-31/h5-8,11,14,16,22H,3-4,9-10,12-13H2,1-2H3,(H,28,32)/t22-/m1/s1. The van der Waals surface area contributed by atoms with Gasteiger partial charge in [-0.2, -0.15) is 5.26 Å². The molecule has 1 saturated heterocycles. The van der Waals surface area contributed by atoms with Gasteiger partial charge in [-0.1, -0.05) is 29.5 Å². The second-order valence-electron chi connectivity index (χ2n) is 9.01. The number of ether oxygens (including phenoxy) is 1. The number of nitriles is 1. The SMILES string of the molecule is CC(C)Oc1ccc(-c2nnc(-c3cccc4c3CC[C@H]4NC(=O)N3CCCC3)s2)cc1C#N. The van der Waals surface area contributed by atoms with Crippen LogP contribution in [0.3, 0.4) is 0 Å². The molecule has 2 heterocycles. The Morgan fingerprint density at radius 1 is 1.21 bits per heavy atom. The molecule has 1 N–H and O–H groups in total. The zero-order valence-electron chi connectivity index (χ0n) is 19.4. The van der Waals surface area contributed by atoms with Crippen LogP contribution in [0.4, 0.5) is 4.79 Å². The van der Waals surface area contributed by atoms with Gasteiger partial charge in [-0.25, -0.2) is 4.79 Å². The maximum absolute atomic E-state index is 12.6. The average molecular weight is 474 g/mol. The molecule has 7 nitrogen and oxygen atoms in total. The Hall–Kier alpha value is -3.44. The average Bonchev–Trinajstić information content (AvgIpc) is 3.60. The molecule has 0 bridgehead atoms. The molecule has 1 aromatic heterocycles. The molecule has 1 aliphatic heterocycles. The van der Waals surface area contributed by atoms with E-state index in [-0.39, 0.29) is 18.2 Å². The molecule has 0 unspecified atom stereocenters. The highest BCUT2D eigenvalue weighted by atomic mass is 32.1. The monoisotopic (exact) mass is 473 g/mol. The van der Waals surface area contributed by atoms with E-state index in [2.05, 4.69) is 33.7 Å². The van der Waals surface area contributed by atoms with Crippen molar-refractivity contribution in [1.29, 1.82) is 5.26 Å². The van der Waals surface area contributed by atoms with Crippen molar-refractivity contribution < 1.29 is 9.53 Å². The zero-order chi connectivity index (χ0) is 23.7. The summed E-state index contributed by atoms with van der Waals surface area (Å²) < 4.78 is 5.73.